The first-order valence-corrected chi connectivity index (χ1v) is 7.91. The molecule has 3 heteroatoms. The molecule has 0 spiro atoms. The van der Waals surface area contributed by atoms with E-state index in [1.54, 1.807) is 0 Å². The molecule has 3 nitrogen and oxygen atoms in total. The lowest BCUT2D eigenvalue weighted by Crippen LogP contribution is -2.25. The fourth-order valence-electron chi connectivity index (χ4n) is 3.08. The van der Waals surface area contributed by atoms with Gasteiger partial charge in [0.1, 0.15) is 0 Å². The summed E-state index contributed by atoms with van der Waals surface area (Å²) in [6.45, 7) is 8.60. The molecule has 1 fully saturated rings. The second-order valence-electron chi connectivity index (χ2n) is 5.34. The SMILES string of the molecule is CCNC1CCC(c2ccc(OCC)c(OCC)c2)C1. The Bertz CT molecular complexity index is 419. The van der Waals surface area contributed by atoms with Gasteiger partial charge in [-0.05, 0) is 63.3 Å². The Kier molecular flexibility index (Phi) is 5.72. The second kappa shape index (κ2) is 7.53. The van der Waals surface area contributed by atoms with Crippen LogP contribution in [0.3, 0.4) is 0 Å². The van der Waals surface area contributed by atoms with Gasteiger partial charge in [-0.25, -0.2) is 0 Å². The van der Waals surface area contributed by atoms with Crippen molar-refractivity contribution in [1.82, 2.24) is 5.32 Å². The zero-order valence-electron chi connectivity index (χ0n) is 12.9. The monoisotopic (exact) mass is 277 g/mol. The summed E-state index contributed by atoms with van der Waals surface area (Å²) in [5, 5.41) is 3.56. The molecule has 0 bridgehead atoms. The third-order valence-electron chi connectivity index (χ3n) is 3.96. The van der Waals surface area contributed by atoms with Crippen molar-refractivity contribution in [2.45, 2.75) is 52.0 Å². The first-order valence-electron chi connectivity index (χ1n) is 7.91. The lowest BCUT2D eigenvalue weighted by molar-refractivity contribution is 0.287. The Hall–Kier alpha value is -1.22. The van der Waals surface area contributed by atoms with E-state index in [1.165, 1.54) is 24.8 Å². The van der Waals surface area contributed by atoms with Gasteiger partial charge in [0.25, 0.3) is 0 Å². The molecule has 1 N–H and O–H groups in total. The first-order chi connectivity index (χ1) is 9.78. The van der Waals surface area contributed by atoms with Crippen molar-refractivity contribution in [1.29, 1.82) is 0 Å². The Morgan fingerprint density at radius 2 is 1.80 bits per heavy atom. The maximum Gasteiger partial charge on any atom is 0.161 e. The molecule has 20 heavy (non-hydrogen) atoms. The number of benzene rings is 1. The van der Waals surface area contributed by atoms with E-state index < -0.39 is 0 Å². The lowest BCUT2D eigenvalue weighted by atomic mass is 9.97. The molecular formula is C17H27NO2. The van der Waals surface area contributed by atoms with Crippen LogP contribution in [0.2, 0.25) is 0 Å². The Labute approximate surface area is 122 Å². The van der Waals surface area contributed by atoms with Crippen LogP contribution in [-0.4, -0.2) is 25.8 Å². The van der Waals surface area contributed by atoms with Gasteiger partial charge in [0.15, 0.2) is 11.5 Å². The van der Waals surface area contributed by atoms with Gasteiger partial charge in [-0.15, -0.1) is 0 Å². The summed E-state index contributed by atoms with van der Waals surface area (Å²) in [5.74, 6) is 2.40. The van der Waals surface area contributed by atoms with Crippen molar-refractivity contribution in [2.75, 3.05) is 19.8 Å². The quantitative estimate of drug-likeness (QED) is 0.823. The van der Waals surface area contributed by atoms with Crippen LogP contribution in [0.5, 0.6) is 11.5 Å². The molecule has 2 unspecified atom stereocenters. The minimum atomic E-state index is 0.647. The summed E-state index contributed by atoms with van der Waals surface area (Å²) < 4.78 is 11.4. The topological polar surface area (TPSA) is 30.5 Å². The molecule has 1 aliphatic rings. The van der Waals surface area contributed by atoms with E-state index in [0.29, 0.717) is 25.2 Å². The van der Waals surface area contributed by atoms with Crippen molar-refractivity contribution in [3.8, 4) is 11.5 Å². The standard InChI is InChI=1S/C17H27NO2/c1-4-18-15-9-7-13(11-15)14-8-10-16(19-5-2)17(12-14)20-6-3/h8,10,12-13,15,18H,4-7,9,11H2,1-3H3. The van der Waals surface area contributed by atoms with E-state index in [2.05, 4.69) is 30.4 Å². The van der Waals surface area contributed by atoms with Crippen LogP contribution >= 0.6 is 0 Å². The minimum absolute atomic E-state index is 0.647. The van der Waals surface area contributed by atoms with Crippen LogP contribution in [0.1, 0.15) is 51.5 Å². The predicted octanol–water partition coefficient (Wildman–Crippen LogP) is 3.73. The summed E-state index contributed by atoms with van der Waals surface area (Å²) in [6, 6.07) is 7.11. The van der Waals surface area contributed by atoms with Crippen LogP contribution in [0.25, 0.3) is 0 Å². The van der Waals surface area contributed by atoms with Gasteiger partial charge in [-0.2, -0.15) is 0 Å². The number of ether oxygens (including phenoxy) is 2. The van der Waals surface area contributed by atoms with Gasteiger partial charge in [-0.3, -0.25) is 0 Å². The first kappa shape index (κ1) is 15.2. The van der Waals surface area contributed by atoms with Crippen molar-refractivity contribution in [3.05, 3.63) is 23.8 Å². The van der Waals surface area contributed by atoms with E-state index in [1.807, 2.05) is 13.8 Å². The Morgan fingerprint density at radius 3 is 2.50 bits per heavy atom. The lowest BCUT2D eigenvalue weighted by Gasteiger charge is -2.16. The summed E-state index contributed by atoms with van der Waals surface area (Å²) in [6.07, 6.45) is 3.76. The molecule has 0 aromatic heterocycles. The largest absolute Gasteiger partial charge is 0.490 e. The zero-order chi connectivity index (χ0) is 14.4. The van der Waals surface area contributed by atoms with E-state index in [0.717, 1.165) is 18.0 Å². The average Bonchev–Trinajstić information content (AvgIpc) is 2.90. The zero-order valence-corrected chi connectivity index (χ0v) is 12.9. The molecule has 0 heterocycles. The minimum Gasteiger partial charge on any atom is -0.490 e. The fourth-order valence-corrected chi connectivity index (χ4v) is 3.08. The van der Waals surface area contributed by atoms with Gasteiger partial charge in [0, 0.05) is 6.04 Å². The molecule has 1 aromatic rings. The van der Waals surface area contributed by atoms with E-state index in [4.69, 9.17) is 9.47 Å². The van der Waals surface area contributed by atoms with Gasteiger partial charge in [0.05, 0.1) is 13.2 Å². The molecule has 1 aliphatic carbocycles. The smallest absolute Gasteiger partial charge is 0.161 e. The van der Waals surface area contributed by atoms with Gasteiger partial charge in [-0.1, -0.05) is 13.0 Å². The molecule has 1 saturated carbocycles. The highest BCUT2D eigenvalue weighted by Crippen LogP contribution is 2.38. The summed E-state index contributed by atoms with van der Waals surface area (Å²) in [7, 11) is 0. The number of rotatable bonds is 7. The highest BCUT2D eigenvalue weighted by Gasteiger charge is 2.25. The van der Waals surface area contributed by atoms with E-state index in [-0.39, 0.29) is 0 Å². The molecule has 0 aliphatic heterocycles. The summed E-state index contributed by atoms with van der Waals surface area (Å²) in [4.78, 5) is 0. The van der Waals surface area contributed by atoms with Gasteiger partial charge in [0.2, 0.25) is 0 Å². The number of hydrogen-bond donors (Lipinski definition) is 1. The molecule has 0 radical (unpaired) electrons. The number of hydrogen-bond acceptors (Lipinski definition) is 3. The number of nitrogens with one attached hydrogen (secondary N) is 1. The van der Waals surface area contributed by atoms with Crippen molar-refractivity contribution in [3.63, 3.8) is 0 Å². The second-order valence-corrected chi connectivity index (χ2v) is 5.34. The Morgan fingerprint density at radius 1 is 1.05 bits per heavy atom. The molecule has 2 atom stereocenters. The molecule has 0 saturated heterocycles. The summed E-state index contributed by atoms with van der Waals surface area (Å²) in [5.41, 5.74) is 1.39. The molecule has 2 rings (SSSR count). The third-order valence-corrected chi connectivity index (χ3v) is 3.96. The average molecular weight is 277 g/mol. The molecule has 112 valence electrons. The van der Waals surface area contributed by atoms with Crippen molar-refractivity contribution in [2.24, 2.45) is 0 Å². The van der Waals surface area contributed by atoms with Crippen molar-refractivity contribution < 1.29 is 9.47 Å². The normalized spacial score (nSPS) is 21.9. The fraction of sp³-hybridized carbons (Fsp3) is 0.647. The maximum absolute atomic E-state index is 5.72. The predicted molar refractivity (Wildman–Crippen MR) is 82.8 cm³/mol. The van der Waals surface area contributed by atoms with E-state index >= 15 is 0 Å². The van der Waals surface area contributed by atoms with Crippen LogP contribution in [0, 0.1) is 0 Å². The van der Waals surface area contributed by atoms with E-state index in [9.17, 15) is 0 Å². The molecule has 1 aromatic carbocycles. The van der Waals surface area contributed by atoms with Crippen LogP contribution in [0.4, 0.5) is 0 Å². The highest BCUT2D eigenvalue weighted by atomic mass is 16.5. The highest BCUT2D eigenvalue weighted by molar-refractivity contribution is 5.44. The van der Waals surface area contributed by atoms with Gasteiger partial charge >= 0.3 is 0 Å². The van der Waals surface area contributed by atoms with Crippen LogP contribution in [0.15, 0.2) is 18.2 Å². The maximum atomic E-state index is 5.72. The summed E-state index contributed by atoms with van der Waals surface area (Å²) >= 11 is 0. The third kappa shape index (κ3) is 3.66. The molecule has 0 amide bonds. The van der Waals surface area contributed by atoms with Crippen LogP contribution < -0.4 is 14.8 Å². The Balaban J connectivity index is 2.10. The van der Waals surface area contributed by atoms with Crippen LogP contribution in [-0.2, 0) is 0 Å². The van der Waals surface area contributed by atoms with Crippen molar-refractivity contribution >= 4 is 0 Å². The molecular weight excluding hydrogens is 250 g/mol. The van der Waals surface area contributed by atoms with Gasteiger partial charge < -0.3 is 14.8 Å².